The van der Waals surface area contributed by atoms with Gasteiger partial charge in [-0.2, -0.15) is 0 Å². The largest absolute Gasteiger partial charge is 0.468 e. The van der Waals surface area contributed by atoms with E-state index in [-0.39, 0.29) is 17.5 Å². The third-order valence-electron chi connectivity index (χ3n) is 3.00. The third-order valence-corrected chi connectivity index (χ3v) is 3.94. The van der Waals surface area contributed by atoms with Crippen molar-refractivity contribution in [2.45, 2.75) is 18.9 Å². The van der Waals surface area contributed by atoms with Crippen molar-refractivity contribution in [2.24, 2.45) is 0 Å². The lowest BCUT2D eigenvalue weighted by Gasteiger charge is -2.10. The standard InChI is InChI=1S/C16H16N2O3S/c1-10-14(11(2)19)16(22-9-13(20)21-3)18-15(17-10)12-7-5-4-6-8-12/h4-8H,9H2,1-3H3. The van der Waals surface area contributed by atoms with Gasteiger partial charge in [-0.1, -0.05) is 42.1 Å². The summed E-state index contributed by atoms with van der Waals surface area (Å²) in [6.45, 7) is 3.24. The van der Waals surface area contributed by atoms with Crippen molar-refractivity contribution in [3.63, 3.8) is 0 Å². The van der Waals surface area contributed by atoms with Crippen LogP contribution < -0.4 is 0 Å². The second-order valence-corrected chi connectivity index (χ2v) is 5.56. The number of methoxy groups -OCH3 is 1. The van der Waals surface area contributed by atoms with Crippen LogP contribution in [0, 0.1) is 6.92 Å². The maximum absolute atomic E-state index is 11.8. The topological polar surface area (TPSA) is 69.2 Å². The monoisotopic (exact) mass is 316 g/mol. The fourth-order valence-corrected chi connectivity index (χ4v) is 2.92. The van der Waals surface area contributed by atoms with Crippen molar-refractivity contribution < 1.29 is 14.3 Å². The molecule has 114 valence electrons. The molecule has 0 saturated heterocycles. The third kappa shape index (κ3) is 3.71. The normalized spacial score (nSPS) is 10.3. The number of aryl methyl sites for hydroxylation is 1. The quantitative estimate of drug-likeness (QED) is 0.366. The molecule has 1 aromatic carbocycles. The highest BCUT2D eigenvalue weighted by molar-refractivity contribution is 8.00. The van der Waals surface area contributed by atoms with Crippen molar-refractivity contribution in [1.82, 2.24) is 9.97 Å². The van der Waals surface area contributed by atoms with Gasteiger partial charge < -0.3 is 4.74 Å². The molecule has 0 fully saturated rings. The van der Waals surface area contributed by atoms with Crippen LogP contribution in [0.1, 0.15) is 23.0 Å². The predicted octanol–water partition coefficient (Wildman–Crippen LogP) is 2.92. The van der Waals surface area contributed by atoms with Crippen LogP contribution in [-0.2, 0) is 9.53 Å². The van der Waals surface area contributed by atoms with E-state index in [4.69, 9.17) is 0 Å². The Kier molecular flexibility index (Phi) is 5.27. The number of Topliss-reactive ketones (excluding diaryl/α,β-unsaturated/α-hetero) is 1. The summed E-state index contributed by atoms with van der Waals surface area (Å²) >= 11 is 1.18. The molecule has 0 N–H and O–H groups in total. The molecule has 0 spiro atoms. The number of hydrogen-bond donors (Lipinski definition) is 0. The first-order valence-corrected chi connectivity index (χ1v) is 7.66. The number of thioether (sulfide) groups is 1. The fourth-order valence-electron chi connectivity index (χ4n) is 1.96. The molecular weight excluding hydrogens is 300 g/mol. The summed E-state index contributed by atoms with van der Waals surface area (Å²) in [6, 6.07) is 9.50. The molecule has 1 aromatic heterocycles. The zero-order valence-corrected chi connectivity index (χ0v) is 13.4. The molecule has 1 heterocycles. The van der Waals surface area contributed by atoms with E-state index in [0.29, 0.717) is 22.1 Å². The smallest absolute Gasteiger partial charge is 0.316 e. The minimum absolute atomic E-state index is 0.0987. The zero-order chi connectivity index (χ0) is 16.1. The van der Waals surface area contributed by atoms with E-state index in [1.807, 2.05) is 30.3 Å². The maximum Gasteiger partial charge on any atom is 0.316 e. The molecule has 0 aliphatic heterocycles. The number of nitrogens with zero attached hydrogens (tertiary/aromatic N) is 2. The Morgan fingerprint density at radius 3 is 2.45 bits per heavy atom. The van der Waals surface area contributed by atoms with Crippen LogP contribution in [0.2, 0.25) is 0 Å². The van der Waals surface area contributed by atoms with Gasteiger partial charge in [-0.15, -0.1) is 0 Å². The van der Waals surface area contributed by atoms with E-state index >= 15 is 0 Å². The molecular formula is C16H16N2O3S. The Balaban J connectivity index is 2.45. The number of esters is 1. The van der Waals surface area contributed by atoms with Gasteiger partial charge in [0, 0.05) is 5.56 Å². The van der Waals surface area contributed by atoms with E-state index in [9.17, 15) is 9.59 Å². The van der Waals surface area contributed by atoms with Gasteiger partial charge in [-0.3, -0.25) is 9.59 Å². The van der Waals surface area contributed by atoms with E-state index in [1.165, 1.54) is 25.8 Å². The highest BCUT2D eigenvalue weighted by Crippen LogP contribution is 2.26. The summed E-state index contributed by atoms with van der Waals surface area (Å²) in [4.78, 5) is 32.0. The summed E-state index contributed by atoms with van der Waals surface area (Å²) in [5, 5.41) is 0.504. The van der Waals surface area contributed by atoms with Gasteiger partial charge >= 0.3 is 5.97 Å². The molecule has 0 atom stereocenters. The van der Waals surface area contributed by atoms with E-state index in [1.54, 1.807) is 6.92 Å². The van der Waals surface area contributed by atoms with Crippen LogP contribution in [0.25, 0.3) is 11.4 Å². The highest BCUT2D eigenvalue weighted by atomic mass is 32.2. The Morgan fingerprint density at radius 1 is 1.18 bits per heavy atom. The van der Waals surface area contributed by atoms with E-state index in [0.717, 1.165) is 5.56 Å². The van der Waals surface area contributed by atoms with Crippen LogP contribution in [-0.4, -0.2) is 34.6 Å². The van der Waals surface area contributed by atoms with Crippen LogP contribution >= 0.6 is 11.8 Å². The predicted molar refractivity (Wildman–Crippen MR) is 84.9 cm³/mol. The number of benzene rings is 1. The molecule has 2 rings (SSSR count). The van der Waals surface area contributed by atoms with Crippen molar-refractivity contribution in [3.8, 4) is 11.4 Å². The van der Waals surface area contributed by atoms with Crippen LogP contribution in [0.15, 0.2) is 35.4 Å². The van der Waals surface area contributed by atoms with Gasteiger partial charge in [0.1, 0.15) is 5.03 Å². The van der Waals surface area contributed by atoms with Crippen molar-refractivity contribution in [2.75, 3.05) is 12.9 Å². The molecule has 6 heteroatoms. The fraction of sp³-hybridized carbons (Fsp3) is 0.250. The zero-order valence-electron chi connectivity index (χ0n) is 12.6. The SMILES string of the molecule is COC(=O)CSc1nc(-c2ccccc2)nc(C)c1C(C)=O. The number of rotatable bonds is 5. The average molecular weight is 316 g/mol. The number of hydrogen-bond acceptors (Lipinski definition) is 6. The Hall–Kier alpha value is -2.21. The lowest BCUT2D eigenvalue weighted by atomic mass is 10.1. The molecule has 22 heavy (non-hydrogen) atoms. The molecule has 0 amide bonds. The van der Waals surface area contributed by atoms with Gasteiger partial charge in [0.25, 0.3) is 0 Å². The molecule has 5 nitrogen and oxygen atoms in total. The summed E-state index contributed by atoms with van der Waals surface area (Å²) in [7, 11) is 1.33. The van der Waals surface area contributed by atoms with Crippen molar-refractivity contribution in [3.05, 3.63) is 41.6 Å². The second-order valence-electron chi connectivity index (χ2n) is 4.60. The number of carbonyl (C=O) groups excluding carboxylic acids is 2. The number of ether oxygens (including phenoxy) is 1. The number of aromatic nitrogens is 2. The Bertz CT molecular complexity index is 702. The summed E-state index contributed by atoms with van der Waals surface area (Å²) in [5.41, 5.74) is 1.92. The molecule has 0 radical (unpaired) electrons. The minimum atomic E-state index is -0.364. The first-order valence-electron chi connectivity index (χ1n) is 6.67. The van der Waals surface area contributed by atoms with Crippen molar-refractivity contribution in [1.29, 1.82) is 0 Å². The van der Waals surface area contributed by atoms with Gasteiger partial charge in [0.2, 0.25) is 0 Å². The molecule has 0 aliphatic carbocycles. The molecule has 0 unspecified atom stereocenters. The molecule has 2 aromatic rings. The number of ketones is 1. The summed E-state index contributed by atoms with van der Waals surface area (Å²) < 4.78 is 4.63. The van der Waals surface area contributed by atoms with E-state index in [2.05, 4.69) is 14.7 Å². The minimum Gasteiger partial charge on any atom is -0.468 e. The second kappa shape index (κ2) is 7.17. The van der Waals surface area contributed by atoms with Gasteiger partial charge in [0.05, 0.1) is 24.1 Å². The van der Waals surface area contributed by atoms with Crippen LogP contribution in [0.4, 0.5) is 0 Å². The van der Waals surface area contributed by atoms with Gasteiger partial charge in [-0.05, 0) is 13.8 Å². The van der Waals surface area contributed by atoms with Gasteiger partial charge in [0.15, 0.2) is 11.6 Å². The molecule has 0 bridgehead atoms. The van der Waals surface area contributed by atoms with Crippen molar-refractivity contribution >= 4 is 23.5 Å². The molecule has 0 aliphatic rings. The van der Waals surface area contributed by atoms with E-state index < -0.39 is 0 Å². The number of carbonyl (C=O) groups is 2. The highest BCUT2D eigenvalue weighted by Gasteiger charge is 2.18. The first-order chi connectivity index (χ1) is 10.5. The first kappa shape index (κ1) is 16.2. The Morgan fingerprint density at radius 2 is 1.86 bits per heavy atom. The lowest BCUT2D eigenvalue weighted by Crippen LogP contribution is -2.09. The lowest BCUT2D eigenvalue weighted by molar-refractivity contribution is -0.137. The van der Waals surface area contributed by atoms with Crippen LogP contribution in [0.3, 0.4) is 0 Å². The average Bonchev–Trinajstić information content (AvgIpc) is 2.52. The molecule has 0 saturated carbocycles. The maximum atomic E-state index is 11.8. The summed E-state index contributed by atoms with van der Waals surface area (Å²) in [6.07, 6.45) is 0. The summed E-state index contributed by atoms with van der Waals surface area (Å²) in [5.74, 6) is 0.151. The van der Waals surface area contributed by atoms with Gasteiger partial charge in [-0.25, -0.2) is 9.97 Å². The Labute approximate surface area is 133 Å². The van der Waals surface area contributed by atoms with Crippen LogP contribution in [0.5, 0.6) is 0 Å².